The second kappa shape index (κ2) is 5.71. The molecule has 8 heteroatoms. The molecule has 21 heavy (non-hydrogen) atoms. The fraction of sp³-hybridized carbons (Fsp3) is 0. The number of hydrogen-bond acceptors (Lipinski definition) is 4. The number of nitriles is 1. The molecule has 3 N–H and O–H groups in total. The summed E-state index contributed by atoms with van der Waals surface area (Å²) in [4.78, 5) is -0.245. The smallest absolute Gasteiger partial charge is 0.262 e. The van der Waals surface area contributed by atoms with Crippen LogP contribution in [-0.4, -0.2) is 8.42 Å². The van der Waals surface area contributed by atoms with Crippen molar-refractivity contribution >= 4 is 37.3 Å². The molecule has 2 rings (SSSR count). The van der Waals surface area contributed by atoms with Crippen molar-refractivity contribution in [1.82, 2.24) is 0 Å². The van der Waals surface area contributed by atoms with Gasteiger partial charge in [0.1, 0.15) is 5.82 Å². The Kier molecular flexibility index (Phi) is 4.16. The molecule has 0 unspecified atom stereocenters. The van der Waals surface area contributed by atoms with Gasteiger partial charge in [-0.2, -0.15) is 5.26 Å². The molecular formula is C13H9BrFN3O2S. The van der Waals surface area contributed by atoms with Crippen LogP contribution in [0, 0.1) is 17.1 Å². The number of rotatable bonds is 3. The van der Waals surface area contributed by atoms with Gasteiger partial charge in [-0.05, 0) is 52.3 Å². The summed E-state index contributed by atoms with van der Waals surface area (Å²) >= 11 is 3.17. The summed E-state index contributed by atoms with van der Waals surface area (Å²) in [5.41, 5.74) is 5.80. The Morgan fingerprint density at radius 3 is 2.52 bits per heavy atom. The van der Waals surface area contributed by atoms with Crippen molar-refractivity contribution in [3.8, 4) is 6.07 Å². The van der Waals surface area contributed by atoms with Crippen molar-refractivity contribution in [2.45, 2.75) is 4.90 Å². The maximum Gasteiger partial charge on any atom is 0.262 e. The Morgan fingerprint density at radius 1 is 1.24 bits per heavy atom. The molecule has 0 aliphatic carbocycles. The van der Waals surface area contributed by atoms with Crippen LogP contribution in [0.2, 0.25) is 0 Å². The standard InChI is InChI=1S/C13H9BrFN3O2S/c14-10-5-8(7-16)1-4-13(10)18-21(19,20)9-2-3-12(17)11(15)6-9/h1-6,18H,17H2. The van der Waals surface area contributed by atoms with E-state index in [2.05, 4.69) is 20.7 Å². The van der Waals surface area contributed by atoms with Gasteiger partial charge < -0.3 is 5.73 Å². The molecule has 108 valence electrons. The van der Waals surface area contributed by atoms with Gasteiger partial charge in [-0.25, -0.2) is 12.8 Å². The predicted octanol–water partition coefficient (Wildman–Crippen LogP) is 2.84. The number of nitrogen functional groups attached to an aromatic ring is 1. The summed E-state index contributed by atoms with van der Waals surface area (Å²) in [5.74, 6) is -0.809. The molecule has 5 nitrogen and oxygen atoms in total. The Balaban J connectivity index is 2.37. The summed E-state index contributed by atoms with van der Waals surface area (Å²) in [6.45, 7) is 0. The molecule has 0 bridgehead atoms. The highest BCUT2D eigenvalue weighted by Crippen LogP contribution is 2.26. The Morgan fingerprint density at radius 2 is 1.95 bits per heavy atom. The average Bonchev–Trinajstić information content (AvgIpc) is 2.43. The quantitative estimate of drug-likeness (QED) is 0.812. The monoisotopic (exact) mass is 369 g/mol. The SMILES string of the molecule is N#Cc1ccc(NS(=O)(=O)c2ccc(N)c(F)c2)c(Br)c1. The molecule has 0 radical (unpaired) electrons. The first-order valence-electron chi connectivity index (χ1n) is 5.61. The first-order chi connectivity index (χ1) is 9.83. The molecule has 0 atom stereocenters. The zero-order valence-corrected chi connectivity index (χ0v) is 12.9. The number of nitrogens with one attached hydrogen (secondary N) is 1. The van der Waals surface area contributed by atoms with Crippen molar-refractivity contribution in [3.63, 3.8) is 0 Å². The minimum Gasteiger partial charge on any atom is -0.396 e. The normalized spacial score (nSPS) is 10.9. The Labute approximate surface area is 129 Å². The topological polar surface area (TPSA) is 96.0 Å². The third-order valence-corrected chi connectivity index (χ3v) is 4.64. The van der Waals surface area contributed by atoms with Crippen molar-refractivity contribution in [3.05, 3.63) is 52.3 Å². The molecule has 0 fully saturated rings. The van der Waals surface area contributed by atoms with E-state index >= 15 is 0 Å². The summed E-state index contributed by atoms with van der Waals surface area (Å²) in [7, 11) is -3.95. The van der Waals surface area contributed by atoms with Crippen molar-refractivity contribution in [2.75, 3.05) is 10.5 Å². The second-order valence-electron chi connectivity index (χ2n) is 4.10. The van der Waals surface area contributed by atoms with E-state index in [1.807, 2.05) is 6.07 Å². The second-order valence-corrected chi connectivity index (χ2v) is 6.63. The lowest BCUT2D eigenvalue weighted by Crippen LogP contribution is -2.14. The molecule has 2 aromatic rings. The molecule has 0 heterocycles. The van der Waals surface area contributed by atoms with E-state index in [1.54, 1.807) is 0 Å². The van der Waals surface area contributed by atoms with Crippen LogP contribution in [0.15, 0.2) is 45.8 Å². The molecule has 0 aliphatic heterocycles. The molecule has 0 amide bonds. The molecular weight excluding hydrogens is 361 g/mol. The Bertz CT molecular complexity index is 847. The third-order valence-electron chi connectivity index (χ3n) is 2.62. The summed E-state index contributed by atoms with van der Waals surface area (Å²) in [6.07, 6.45) is 0. The first-order valence-corrected chi connectivity index (χ1v) is 7.88. The largest absolute Gasteiger partial charge is 0.396 e. The van der Waals surface area contributed by atoms with Crippen molar-refractivity contribution in [2.24, 2.45) is 0 Å². The molecule has 0 saturated heterocycles. The molecule has 0 aromatic heterocycles. The highest BCUT2D eigenvalue weighted by molar-refractivity contribution is 9.10. The minimum atomic E-state index is -3.95. The van der Waals surface area contributed by atoms with Crippen LogP contribution in [0.3, 0.4) is 0 Å². The van der Waals surface area contributed by atoms with Gasteiger partial charge in [0.25, 0.3) is 10.0 Å². The van der Waals surface area contributed by atoms with Crippen molar-refractivity contribution < 1.29 is 12.8 Å². The number of hydrogen-bond donors (Lipinski definition) is 2. The number of anilines is 2. The predicted molar refractivity (Wildman–Crippen MR) is 80.5 cm³/mol. The van der Waals surface area contributed by atoms with Crippen LogP contribution in [0.1, 0.15) is 5.56 Å². The highest BCUT2D eigenvalue weighted by Gasteiger charge is 2.17. The molecule has 0 spiro atoms. The molecule has 0 aliphatic rings. The summed E-state index contributed by atoms with van der Waals surface area (Å²) < 4.78 is 40.4. The maximum absolute atomic E-state index is 13.4. The lowest BCUT2D eigenvalue weighted by molar-refractivity contribution is 0.596. The van der Waals surface area contributed by atoms with Crippen LogP contribution in [0.5, 0.6) is 0 Å². The van der Waals surface area contributed by atoms with E-state index in [0.29, 0.717) is 10.0 Å². The van der Waals surface area contributed by atoms with E-state index in [4.69, 9.17) is 11.0 Å². The number of nitrogens with zero attached hydrogens (tertiary/aromatic N) is 1. The van der Waals surface area contributed by atoms with Crippen molar-refractivity contribution in [1.29, 1.82) is 5.26 Å². The number of benzene rings is 2. The van der Waals surface area contributed by atoms with Crippen LogP contribution in [0.25, 0.3) is 0 Å². The summed E-state index contributed by atoms with van der Waals surface area (Å²) in [6, 6.07) is 9.54. The van der Waals surface area contributed by atoms with Gasteiger partial charge >= 0.3 is 0 Å². The minimum absolute atomic E-state index is 0.131. The van der Waals surface area contributed by atoms with Gasteiger partial charge in [-0.15, -0.1) is 0 Å². The fourth-order valence-electron chi connectivity index (χ4n) is 1.55. The van der Waals surface area contributed by atoms with E-state index in [1.165, 1.54) is 30.3 Å². The third kappa shape index (κ3) is 3.32. The van der Waals surface area contributed by atoms with Gasteiger partial charge in [0.2, 0.25) is 0 Å². The van der Waals surface area contributed by atoms with Crippen LogP contribution < -0.4 is 10.5 Å². The molecule has 2 aromatic carbocycles. The van der Waals surface area contributed by atoms with Gasteiger partial charge in [0.05, 0.1) is 27.9 Å². The van der Waals surface area contributed by atoms with Crippen LogP contribution in [-0.2, 0) is 10.0 Å². The van der Waals surface area contributed by atoms with Gasteiger partial charge in [0, 0.05) is 4.47 Å². The summed E-state index contributed by atoms with van der Waals surface area (Å²) in [5, 5.41) is 8.76. The first kappa shape index (κ1) is 15.3. The van der Waals surface area contributed by atoms with Gasteiger partial charge in [-0.1, -0.05) is 0 Å². The fourth-order valence-corrected chi connectivity index (χ4v) is 3.25. The van der Waals surface area contributed by atoms with E-state index < -0.39 is 15.8 Å². The van der Waals surface area contributed by atoms with Gasteiger partial charge in [0.15, 0.2) is 0 Å². The van der Waals surface area contributed by atoms with E-state index in [9.17, 15) is 12.8 Å². The van der Waals surface area contributed by atoms with E-state index in [-0.39, 0.29) is 16.3 Å². The highest BCUT2D eigenvalue weighted by atomic mass is 79.9. The zero-order valence-electron chi connectivity index (χ0n) is 10.5. The number of nitrogens with two attached hydrogens (primary N) is 1. The average molecular weight is 370 g/mol. The maximum atomic E-state index is 13.4. The Hall–Kier alpha value is -2.11. The van der Waals surface area contributed by atoms with Crippen LogP contribution >= 0.6 is 15.9 Å². The number of halogens is 2. The lowest BCUT2D eigenvalue weighted by Gasteiger charge is -2.10. The molecule has 0 saturated carbocycles. The van der Waals surface area contributed by atoms with Crippen LogP contribution in [0.4, 0.5) is 15.8 Å². The zero-order chi connectivity index (χ0) is 15.6. The number of sulfonamides is 1. The van der Waals surface area contributed by atoms with E-state index in [0.717, 1.165) is 6.07 Å². The lowest BCUT2D eigenvalue weighted by atomic mass is 10.2. The van der Waals surface area contributed by atoms with Gasteiger partial charge in [-0.3, -0.25) is 4.72 Å².